The number of rotatable bonds is 4. The maximum atomic E-state index is 12.2. The van der Waals surface area contributed by atoms with Crippen LogP contribution in [0.3, 0.4) is 0 Å². The van der Waals surface area contributed by atoms with Crippen LogP contribution >= 0.6 is 15.9 Å². The molecule has 0 atom stereocenters. The van der Waals surface area contributed by atoms with Gasteiger partial charge < -0.3 is 14.2 Å². The van der Waals surface area contributed by atoms with Crippen molar-refractivity contribution < 1.29 is 19.0 Å². The van der Waals surface area contributed by atoms with Crippen LogP contribution in [-0.2, 0) is 4.74 Å². The highest BCUT2D eigenvalue weighted by Crippen LogP contribution is 2.39. The summed E-state index contributed by atoms with van der Waals surface area (Å²) in [7, 11) is 4.57. The van der Waals surface area contributed by atoms with Gasteiger partial charge >= 0.3 is 5.97 Å². The first-order valence-corrected chi connectivity index (χ1v) is 9.81. The average molecular weight is 451 g/mol. The smallest absolute Gasteiger partial charge is 0.341 e. The number of benzene rings is 4. The molecular weight excluding hydrogens is 432 g/mol. The quantitative estimate of drug-likeness (QED) is 0.345. The molecule has 146 valence electrons. The van der Waals surface area contributed by atoms with Crippen molar-refractivity contribution in [3.8, 4) is 22.6 Å². The van der Waals surface area contributed by atoms with Crippen molar-refractivity contribution >= 4 is 43.4 Å². The molecule has 0 N–H and O–H groups in total. The fourth-order valence-electron chi connectivity index (χ4n) is 3.51. The zero-order valence-electron chi connectivity index (χ0n) is 16.3. The molecule has 5 heteroatoms. The molecule has 4 nitrogen and oxygen atoms in total. The SMILES string of the molecule is COC(=O)c1cc2cc(-c3ccc4cc(OC)ccc4c3)ccc2c(Br)c1OC. The molecular formula is C24H19BrO4. The van der Waals surface area contributed by atoms with E-state index in [0.29, 0.717) is 11.3 Å². The summed E-state index contributed by atoms with van der Waals surface area (Å²) in [5.41, 5.74) is 2.54. The predicted octanol–water partition coefficient (Wildman–Crippen LogP) is 6.23. The van der Waals surface area contributed by atoms with Gasteiger partial charge in [-0.05, 0) is 78.9 Å². The Hall–Kier alpha value is -3.05. The second-order valence-electron chi connectivity index (χ2n) is 6.63. The van der Waals surface area contributed by atoms with E-state index in [4.69, 9.17) is 14.2 Å². The van der Waals surface area contributed by atoms with Gasteiger partial charge in [-0.15, -0.1) is 0 Å². The Kier molecular flexibility index (Phi) is 5.16. The zero-order chi connectivity index (χ0) is 20.5. The molecule has 4 aromatic rings. The van der Waals surface area contributed by atoms with Crippen LogP contribution in [0, 0.1) is 0 Å². The largest absolute Gasteiger partial charge is 0.497 e. The van der Waals surface area contributed by atoms with Crippen LogP contribution in [0.1, 0.15) is 10.4 Å². The highest BCUT2D eigenvalue weighted by molar-refractivity contribution is 9.10. The van der Waals surface area contributed by atoms with E-state index in [-0.39, 0.29) is 0 Å². The standard InChI is InChI=1S/C24H19BrO4/c1-27-19-8-6-15-10-14(4-5-17(15)12-19)16-7-9-20-18(11-16)13-21(24(26)29-3)23(28-2)22(20)25/h4-13H,1-3H3. The molecule has 0 heterocycles. The number of fused-ring (bicyclic) bond motifs is 2. The fraction of sp³-hybridized carbons (Fsp3) is 0.125. The van der Waals surface area contributed by atoms with Gasteiger partial charge in [0.25, 0.3) is 0 Å². The third kappa shape index (κ3) is 3.42. The van der Waals surface area contributed by atoms with E-state index in [1.807, 2.05) is 18.2 Å². The molecule has 0 saturated heterocycles. The van der Waals surface area contributed by atoms with Gasteiger partial charge in [0.2, 0.25) is 0 Å². The van der Waals surface area contributed by atoms with Crippen LogP contribution in [0.15, 0.2) is 65.1 Å². The molecule has 0 amide bonds. The fourth-order valence-corrected chi connectivity index (χ4v) is 4.25. The van der Waals surface area contributed by atoms with E-state index in [9.17, 15) is 4.79 Å². The summed E-state index contributed by atoms with van der Waals surface area (Å²) >= 11 is 3.57. The van der Waals surface area contributed by atoms with Gasteiger partial charge in [0.05, 0.1) is 25.8 Å². The van der Waals surface area contributed by atoms with Crippen molar-refractivity contribution in [2.75, 3.05) is 21.3 Å². The molecule has 0 saturated carbocycles. The number of methoxy groups -OCH3 is 3. The maximum Gasteiger partial charge on any atom is 0.341 e. The molecule has 0 spiro atoms. The summed E-state index contributed by atoms with van der Waals surface area (Å²) < 4.78 is 16.4. The molecule has 0 radical (unpaired) electrons. The Balaban J connectivity index is 1.86. The summed E-state index contributed by atoms with van der Waals surface area (Å²) in [5.74, 6) is 0.872. The number of carbonyl (C=O) groups is 1. The molecule has 29 heavy (non-hydrogen) atoms. The van der Waals surface area contributed by atoms with Gasteiger partial charge in [-0.1, -0.05) is 30.3 Å². The van der Waals surface area contributed by atoms with Gasteiger partial charge in [-0.2, -0.15) is 0 Å². The van der Waals surface area contributed by atoms with Gasteiger partial charge in [0.15, 0.2) is 0 Å². The van der Waals surface area contributed by atoms with Crippen LogP contribution in [0.4, 0.5) is 0 Å². The van der Waals surface area contributed by atoms with Gasteiger partial charge in [0, 0.05) is 0 Å². The van der Waals surface area contributed by atoms with Crippen molar-refractivity contribution in [1.82, 2.24) is 0 Å². The minimum atomic E-state index is -0.436. The molecule has 4 aromatic carbocycles. The summed E-state index contributed by atoms with van der Waals surface area (Å²) in [4.78, 5) is 12.2. The first kappa shape index (κ1) is 19.3. The van der Waals surface area contributed by atoms with Crippen molar-refractivity contribution in [2.45, 2.75) is 0 Å². The minimum absolute atomic E-state index is 0.386. The average Bonchev–Trinajstić information content (AvgIpc) is 2.77. The maximum absolute atomic E-state index is 12.2. The van der Waals surface area contributed by atoms with E-state index in [0.717, 1.165) is 42.9 Å². The van der Waals surface area contributed by atoms with Gasteiger partial charge in [-0.3, -0.25) is 0 Å². The summed E-state index contributed by atoms with van der Waals surface area (Å²) in [5, 5.41) is 4.14. The first-order valence-electron chi connectivity index (χ1n) is 9.02. The topological polar surface area (TPSA) is 44.8 Å². The van der Waals surface area contributed by atoms with E-state index in [1.54, 1.807) is 13.2 Å². The second-order valence-corrected chi connectivity index (χ2v) is 7.42. The molecule has 0 aliphatic rings. The Morgan fingerprint density at radius 1 is 0.759 bits per heavy atom. The molecule has 4 rings (SSSR count). The van der Waals surface area contributed by atoms with Crippen molar-refractivity contribution in [2.24, 2.45) is 0 Å². The second kappa shape index (κ2) is 7.76. The van der Waals surface area contributed by atoms with Crippen molar-refractivity contribution in [3.05, 3.63) is 70.7 Å². The molecule has 0 aromatic heterocycles. The number of halogens is 1. The lowest BCUT2D eigenvalue weighted by molar-refractivity contribution is 0.0597. The minimum Gasteiger partial charge on any atom is -0.497 e. The number of hydrogen-bond donors (Lipinski definition) is 0. The van der Waals surface area contributed by atoms with Crippen molar-refractivity contribution in [3.63, 3.8) is 0 Å². The Morgan fingerprint density at radius 3 is 2.10 bits per heavy atom. The molecule has 0 aliphatic heterocycles. The third-order valence-electron chi connectivity index (χ3n) is 5.02. The first-order chi connectivity index (χ1) is 14.0. The summed E-state index contributed by atoms with van der Waals surface area (Å²) in [6.07, 6.45) is 0. The van der Waals surface area contributed by atoms with Crippen LogP contribution in [0.25, 0.3) is 32.7 Å². The van der Waals surface area contributed by atoms with E-state index in [2.05, 4.69) is 52.3 Å². The normalized spacial score (nSPS) is 10.9. The third-order valence-corrected chi connectivity index (χ3v) is 5.81. The molecule has 0 fully saturated rings. The number of esters is 1. The Morgan fingerprint density at radius 2 is 1.41 bits per heavy atom. The lowest BCUT2D eigenvalue weighted by Crippen LogP contribution is -2.05. The number of ether oxygens (including phenoxy) is 3. The van der Waals surface area contributed by atoms with E-state index >= 15 is 0 Å². The Labute approximate surface area is 177 Å². The van der Waals surface area contributed by atoms with Gasteiger partial charge in [-0.25, -0.2) is 4.79 Å². The van der Waals surface area contributed by atoms with Gasteiger partial charge in [0.1, 0.15) is 17.1 Å². The molecule has 0 aliphatic carbocycles. The summed E-state index contributed by atoms with van der Waals surface area (Å²) in [6, 6.07) is 20.3. The van der Waals surface area contributed by atoms with Crippen LogP contribution in [0.2, 0.25) is 0 Å². The van der Waals surface area contributed by atoms with E-state index < -0.39 is 5.97 Å². The van der Waals surface area contributed by atoms with Crippen LogP contribution in [-0.4, -0.2) is 27.3 Å². The monoisotopic (exact) mass is 450 g/mol. The highest BCUT2D eigenvalue weighted by atomic mass is 79.9. The summed E-state index contributed by atoms with van der Waals surface area (Å²) in [6.45, 7) is 0. The number of hydrogen-bond acceptors (Lipinski definition) is 4. The lowest BCUT2D eigenvalue weighted by Gasteiger charge is -2.13. The highest BCUT2D eigenvalue weighted by Gasteiger charge is 2.19. The zero-order valence-corrected chi connectivity index (χ0v) is 17.9. The van der Waals surface area contributed by atoms with Crippen molar-refractivity contribution in [1.29, 1.82) is 0 Å². The van der Waals surface area contributed by atoms with E-state index in [1.165, 1.54) is 14.2 Å². The Bertz CT molecular complexity index is 1250. The predicted molar refractivity (Wildman–Crippen MR) is 119 cm³/mol. The van der Waals surface area contributed by atoms with Crippen LogP contribution < -0.4 is 9.47 Å². The molecule has 0 bridgehead atoms. The van der Waals surface area contributed by atoms with Crippen LogP contribution in [0.5, 0.6) is 11.5 Å². The lowest BCUT2D eigenvalue weighted by atomic mass is 9.97. The number of carbonyl (C=O) groups excluding carboxylic acids is 1. The molecule has 0 unspecified atom stereocenters.